The Morgan fingerprint density at radius 2 is 1.69 bits per heavy atom. The molecule has 0 unspecified atom stereocenters. The van der Waals surface area contributed by atoms with Gasteiger partial charge in [0, 0.05) is 8.80 Å². The van der Waals surface area contributed by atoms with Crippen LogP contribution in [-0.2, 0) is 6.42 Å². The molecule has 0 spiro atoms. The summed E-state index contributed by atoms with van der Waals surface area (Å²) >= 11 is 0. The van der Waals surface area contributed by atoms with Crippen LogP contribution in [0.1, 0.15) is 83.1 Å². The number of unbranched alkanes of at least 4 members (excludes halogenated alkanes) is 2. The molecule has 0 amide bonds. The minimum absolute atomic E-state index is 0.0340. The van der Waals surface area contributed by atoms with Crippen LogP contribution in [-0.4, -0.2) is 15.9 Å². The van der Waals surface area contributed by atoms with Crippen molar-refractivity contribution in [3.63, 3.8) is 0 Å². The summed E-state index contributed by atoms with van der Waals surface area (Å²) in [5.74, 6) is 3.18. The standard InChI is InChI=1S/C26H42FOSi/c1-3-4-17-29-18-15-24(16-19-29)23-12-9-21(10-13-23)7-5-6-8-22-11-14-26(28-2)25(27)20-22/h11,14,20-21,23-24H,3-10,12-13,15-19H2,1-2H3. The molecule has 1 nitrogen and oxygen atoms in total. The van der Waals surface area contributed by atoms with Crippen molar-refractivity contribution < 1.29 is 9.13 Å². The van der Waals surface area contributed by atoms with E-state index in [0.29, 0.717) is 5.75 Å². The highest BCUT2D eigenvalue weighted by molar-refractivity contribution is 6.58. The predicted octanol–water partition coefficient (Wildman–Crippen LogP) is 8.06. The van der Waals surface area contributed by atoms with E-state index < -0.39 is 0 Å². The Kier molecular flexibility index (Phi) is 9.55. The number of rotatable bonds is 10. The number of aryl methyl sites for hydroxylation is 1. The van der Waals surface area contributed by atoms with E-state index in [1.54, 1.807) is 43.1 Å². The molecule has 0 N–H and O–H groups in total. The van der Waals surface area contributed by atoms with Gasteiger partial charge in [0.15, 0.2) is 11.6 Å². The summed E-state index contributed by atoms with van der Waals surface area (Å²) in [7, 11) is 1.55. The SMILES string of the molecule is CCCC[Si]1CCC(C2CCC(CCCCc3ccc(OC)c(F)c3)CC2)CC1. The van der Waals surface area contributed by atoms with Gasteiger partial charge in [0.05, 0.1) is 7.11 Å². The van der Waals surface area contributed by atoms with E-state index in [4.69, 9.17) is 4.74 Å². The van der Waals surface area contributed by atoms with Crippen molar-refractivity contribution in [3.05, 3.63) is 29.6 Å². The van der Waals surface area contributed by atoms with Gasteiger partial charge in [-0.05, 0) is 61.1 Å². The van der Waals surface area contributed by atoms with Crippen LogP contribution in [0.25, 0.3) is 0 Å². The lowest BCUT2D eigenvalue weighted by Gasteiger charge is -2.37. The first kappa shape index (κ1) is 22.8. The van der Waals surface area contributed by atoms with Gasteiger partial charge in [0.2, 0.25) is 0 Å². The minimum atomic E-state index is -0.232. The van der Waals surface area contributed by atoms with Crippen molar-refractivity contribution >= 4 is 8.80 Å². The Morgan fingerprint density at radius 3 is 2.34 bits per heavy atom. The Morgan fingerprint density at radius 1 is 0.966 bits per heavy atom. The Hall–Kier alpha value is -0.833. The van der Waals surface area contributed by atoms with E-state index in [1.165, 1.54) is 64.9 Å². The molecule has 3 rings (SSSR count). The fourth-order valence-corrected chi connectivity index (χ4v) is 8.93. The number of halogens is 1. The Bertz CT molecular complexity index is 588. The van der Waals surface area contributed by atoms with Crippen molar-refractivity contribution in [2.45, 2.75) is 102 Å². The third-order valence-corrected chi connectivity index (χ3v) is 10.8. The molecule has 0 aromatic heterocycles. The summed E-state index contributed by atoms with van der Waals surface area (Å²) < 4.78 is 18.8. The van der Waals surface area contributed by atoms with Crippen LogP contribution in [0.4, 0.5) is 4.39 Å². The maximum atomic E-state index is 13.8. The molecule has 1 saturated heterocycles. The number of benzene rings is 1. The van der Waals surface area contributed by atoms with Crippen molar-refractivity contribution in [3.8, 4) is 5.75 Å². The third-order valence-electron chi connectivity index (χ3n) is 7.72. The van der Waals surface area contributed by atoms with Gasteiger partial charge in [0.25, 0.3) is 0 Å². The minimum Gasteiger partial charge on any atom is -0.494 e. The van der Waals surface area contributed by atoms with Gasteiger partial charge in [-0.3, -0.25) is 0 Å². The number of ether oxygens (including phenoxy) is 1. The van der Waals surface area contributed by atoms with Crippen molar-refractivity contribution in [2.75, 3.05) is 7.11 Å². The highest BCUT2D eigenvalue weighted by Gasteiger charge is 2.30. The van der Waals surface area contributed by atoms with Crippen LogP contribution in [0, 0.1) is 23.6 Å². The second-order valence-electron chi connectivity index (χ2n) is 9.69. The second-order valence-corrected chi connectivity index (χ2v) is 12.7. The van der Waals surface area contributed by atoms with Gasteiger partial charge >= 0.3 is 0 Å². The zero-order valence-electron chi connectivity index (χ0n) is 18.9. The molecule has 1 aliphatic heterocycles. The molecule has 3 heteroatoms. The fourth-order valence-electron chi connectivity index (χ4n) is 5.77. The highest BCUT2D eigenvalue weighted by Crippen LogP contribution is 2.42. The van der Waals surface area contributed by atoms with Crippen LogP contribution in [0.15, 0.2) is 18.2 Å². The molecule has 0 atom stereocenters. The number of methoxy groups -OCH3 is 1. The van der Waals surface area contributed by atoms with Gasteiger partial charge in [-0.15, -0.1) is 0 Å². The normalized spacial score (nSPS) is 24.0. The first-order valence-corrected chi connectivity index (χ1v) is 14.5. The molecule has 0 bridgehead atoms. The average Bonchev–Trinajstić information content (AvgIpc) is 2.76. The number of hydrogen-bond donors (Lipinski definition) is 0. The molecule has 2 aliphatic rings. The smallest absolute Gasteiger partial charge is 0.165 e. The van der Waals surface area contributed by atoms with Gasteiger partial charge in [-0.25, -0.2) is 4.39 Å². The highest BCUT2D eigenvalue weighted by atomic mass is 28.3. The molecule has 1 saturated carbocycles. The molecule has 2 fully saturated rings. The number of hydrogen-bond acceptors (Lipinski definition) is 1. The topological polar surface area (TPSA) is 9.23 Å². The quantitative estimate of drug-likeness (QED) is 0.276. The van der Waals surface area contributed by atoms with Crippen LogP contribution < -0.4 is 4.74 Å². The molecule has 1 aliphatic carbocycles. The van der Waals surface area contributed by atoms with E-state index in [2.05, 4.69) is 6.92 Å². The summed E-state index contributed by atoms with van der Waals surface area (Å²) in [5.41, 5.74) is 1.10. The van der Waals surface area contributed by atoms with E-state index in [0.717, 1.165) is 29.7 Å². The molecule has 163 valence electrons. The van der Waals surface area contributed by atoms with E-state index in [1.807, 2.05) is 6.07 Å². The fraction of sp³-hybridized carbons (Fsp3) is 0.769. The largest absolute Gasteiger partial charge is 0.494 e. The lowest BCUT2D eigenvalue weighted by molar-refractivity contribution is 0.184. The van der Waals surface area contributed by atoms with Gasteiger partial charge < -0.3 is 4.74 Å². The van der Waals surface area contributed by atoms with E-state index in [9.17, 15) is 4.39 Å². The van der Waals surface area contributed by atoms with Gasteiger partial charge in [-0.1, -0.05) is 82.5 Å². The molecular weight excluding hydrogens is 375 g/mol. The first-order chi connectivity index (χ1) is 14.2. The van der Waals surface area contributed by atoms with Gasteiger partial charge in [-0.2, -0.15) is 0 Å². The average molecular weight is 418 g/mol. The zero-order chi connectivity index (χ0) is 20.5. The summed E-state index contributed by atoms with van der Waals surface area (Å²) in [6.45, 7) is 2.34. The van der Waals surface area contributed by atoms with Crippen LogP contribution in [0.3, 0.4) is 0 Å². The van der Waals surface area contributed by atoms with Crippen molar-refractivity contribution in [1.82, 2.24) is 0 Å². The molecule has 1 radical (unpaired) electrons. The maximum Gasteiger partial charge on any atom is 0.165 e. The zero-order valence-corrected chi connectivity index (χ0v) is 19.9. The second kappa shape index (κ2) is 12.1. The molecule has 1 aromatic rings. The summed E-state index contributed by atoms with van der Waals surface area (Å²) in [6, 6.07) is 10.2. The predicted molar refractivity (Wildman–Crippen MR) is 124 cm³/mol. The Labute approximate surface area is 180 Å². The molecule has 1 heterocycles. The maximum absolute atomic E-state index is 13.8. The van der Waals surface area contributed by atoms with Crippen molar-refractivity contribution in [1.29, 1.82) is 0 Å². The van der Waals surface area contributed by atoms with Crippen LogP contribution in [0.2, 0.25) is 18.1 Å². The third kappa shape index (κ3) is 7.12. The van der Waals surface area contributed by atoms with E-state index >= 15 is 0 Å². The molecule has 1 aromatic carbocycles. The summed E-state index contributed by atoms with van der Waals surface area (Å²) in [5, 5.41) is 0. The summed E-state index contributed by atoms with van der Waals surface area (Å²) in [6.07, 6.45) is 16.7. The van der Waals surface area contributed by atoms with Crippen LogP contribution in [0.5, 0.6) is 5.75 Å². The lowest BCUT2D eigenvalue weighted by Crippen LogP contribution is -2.28. The summed E-state index contributed by atoms with van der Waals surface area (Å²) in [4.78, 5) is 0. The Balaban J connectivity index is 1.28. The lowest BCUT2D eigenvalue weighted by atomic mass is 9.73. The van der Waals surface area contributed by atoms with E-state index in [-0.39, 0.29) is 14.6 Å². The first-order valence-electron chi connectivity index (χ1n) is 12.4. The van der Waals surface area contributed by atoms with Gasteiger partial charge in [0.1, 0.15) is 0 Å². The molecule has 29 heavy (non-hydrogen) atoms. The molecular formula is C26H42FOSi. The monoisotopic (exact) mass is 417 g/mol. The van der Waals surface area contributed by atoms with Crippen LogP contribution >= 0.6 is 0 Å². The van der Waals surface area contributed by atoms with Crippen molar-refractivity contribution in [2.24, 2.45) is 17.8 Å².